The van der Waals surface area contributed by atoms with Crippen molar-refractivity contribution in [2.75, 3.05) is 30.5 Å². The second-order valence-electron chi connectivity index (χ2n) is 13.6. The monoisotopic (exact) mass is 889 g/mol. The minimum atomic E-state index is -4.37. The van der Waals surface area contributed by atoms with Gasteiger partial charge in [0.2, 0.25) is 11.9 Å². The van der Waals surface area contributed by atoms with Crippen LogP contribution in [0.4, 0.5) is 16.2 Å². The van der Waals surface area contributed by atoms with Gasteiger partial charge in [0.1, 0.15) is 24.6 Å². The summed E-state index contributed by atoms with van der Waals surface area (Å²) in [6, 6.07) is 10.3. The molecule has 28 heteroatoms. The Hall–Kier alpha value is -4.93. The highest BCUT2D eigenvalue weighted by Crippen LogP contribution is 2.58. The van der Waals surface area contributed by atoms with Crippen LogP contribution in [0.2, 0.25) is 0 Å². The number of carbonyl (C=O) groups excluding carboxylic acids is 2. The highest BCUT2D eigenvalue weighted by molar-refractivity contribution is 8.44. The third-order valence-corrected chi connectivity index (χ3v) is 12.0. The van der Waals surface area contributed by atoms with E-state index in [9.17, 15) is 24.2 Å². The Morgan fingerprint density at radius 1 is 1.08 bits per heavy atom. The molecule has 0 radical (unpaired) electrons. The maximum atomic E-state index is 16.7. The van der Waals surface area contributed by atoms with Crippen LogP contribution in [0.25, 0.3) is 22.3 Å². The van der Waals surface area contributed by atoms with Gasteiger partial charge in [-0.05, 0) is 12.1 Å². The van der Waals surface area contributed by atoms with E-state index in [1.165, 1.54) is 0 Å². The number of hydrogen-bond donors (Lipinski definition) is 4. The zero-order valence-electron chi connectivity index (χ0n) is 31.3. The number of nitriles is 1. The molecule has 60 heavy (non-hydrogen) atoms. The molecule has 3 N–H and O–H groups in total. The molecule has 0 saturated carbocycles. The van der Waals surface area contributed by atoms with Crippen LogP contribution in [0.3, 0.4) is 0 Å². The minimum Gasteiger partial charge on any atom is -0.348 e. The molecule has 3 saturated heterocycles. The Kier molecular flexibility index (Phi) is 12.2. The van der Waals surface area contributed by atoms with Gasteiger partial charge in [-0.2, -0.15) is 19.6 Å². The maximum Gasteiger partial charge on any atom is 0.386 e. The number of fused-ring (bicyclic) bond motifs is 5. The zero-order chi connectivity index (χ0) is 42.1. The molecule has 4 aromatic heterocycles. The number of nitrogens with zero attached hydrogens (tertiary/aromatic N) is 10. The number of aromatic amines is 1. The van der Waals surface area contributed by atoms with E-state index in [2.05, 4.69) is 63.4 Å². The summed E-state index contributed by atoms with van der Waals surface area (Å²) >= 11 is 4.20. The van der Waals surface area contributed by atoms with Crippen molar-refractivity contribution in [3.63, 3.8) is 0 Å². The SMILES string of the molecule is CC(C)C(=O)Nc1nc2c(nnn2[C@@H]2O[C@@H]3COP(OCCC#N)O[C@H]4[C@H](F)[C@H](n5nnc6c(NC(=O)c7ccccc7)ncnc65)O[C@@H]4COP(=O)(S)O[C@H]2C3)c(=O)[nH]1. The van der Waals surface area contributed by atoms with E-state index < -0.39 is 88.3 Å². The topological polar surface area (TPSA) is 297 Å². The van der Waals surface area contributed by atoms with Gasteiger partial charge >= 0.3 is 15.4 Å². The quantitative estimate of drug-likeness (QED) is 0.0939. The van der Waals surface area contributed by atoms with Crippen LogP contribution in [0.5, 0.6) is 0 Å². The number of rotatable bonds is 9. The first-order valence-electron chi connectivity index (χ1n) is 18.2. The molecule has 2 bridgehead atoms. The molecule has 0 aliphatic carbocycles. The van der Waals surface area contributed by atoms with Crippen molar-refractivity contribution >= 4 is 73.6 Å². The summed E-state index contributed by atoms with van der Waals surface area (Å²) in [7, 11) is -2.43. The predicted octanol–water partition coefficient (Wildman–Crippen LogP) is 3.13. The summed E-state index contributed by atoms with van der Waals surface area (Å²) in [6.45, 7) is -2.08. The number of alkyl halides is 1. The van der Waals surface area contributed by atoms with Crippen LogP contribution < -0.4 is 16.2 Å². The molecule has 7 heterocycles. The van der Waals surface area contributed by atoms with Crippen LogP contribution in [0, 0.1) is 17.2 Å². The summed E-state index contributed by atoms with van der Waals surface area (Å²) in [6.07, 6.45) is -8.63. The average molecular weight is 890 g/mol. The first-order chi connectivity index (χ1) is 28.9. The fourth-order valence-electron chi connectivity index (χ4n) is 6.29. The van der Waals surface area contributed by atoms with Gasteiger partial charge in [-0.3, -0.25) is 33.7 Å². The molecule has 1 aromatic carbocycles. The van der Waals surface area contributed by atoms with Crippen molar-refractivity contribution in [2.45, 2.75) is 69.7 Å². The van der Waals surface area contributed by atoms with E-state index in [0.717, 1.165) is 15.7 Å². The number of aromatic nitrogens is 10. The van der Waals surface area contributed by atoms with Gasteiger partial charge in [0.25, 0.3) is 11.5 Å². The number of thiol groups is 1. The number of anilines is 2. The Labute approximate surface area is 343 Å². The third kappa shape index (κ3) is 8.77. The second-order valence-corrected chi connectivity index (χ2v) is 17.7. The normalized spacial score (nSPS) is 28.4. The summed E-state index contributed by atoms with van der Waals surface area (Å²) in [4.78, 5) is 53.3. The molecular formula is C32H34FN13O11P2S. The lowest BCUT2D eigenvalue weighted by Crippen LogP contribution is -2.34. The number of ether oxygens (including phenoxy) is 2. The molecule has 9 atom stereocenters. The second kappa shape index (κ2) is 17.6. The van der Waals surface area contributed by atoms with Gasteiger partial charge in [-0.25, -0.2) is 18.9 Å². The molecule has 3 aliphatic rings. The maximum absolute atomic E-state index is 16.7. The number of H-pyrrole nitrogens is 1. The number of carbonyl (C=O) groups is 2. The summed E-state index contributed by atoms with van der Waals surface area (Å²) in [5.41, 5.74) is -0.632. The smallest absolute Gasteiger partial charge is 0.348 e. The van der Waals surface area contributed by atoms with E-state index in [1.54, 1.807) is 44.2 Å². The lowest BCUT2D eigenvalue weighted by Gasteiger charge is -2.26. The lowest BCUT2D eigenvalue weighted by molar-refractivity contribution is -0.118. The average Bonchev–Trinajstić information content (AvgIpc) is 4.01. The van der Waals surface area contributed by atoms with Crippen molar-refractivity contribution in [3.8, 4) is 6.07 Å². The lowest BCUT2D eigenvalue weighted by atomic mass is 10.1. The highest BCUT2D eigenvalue weighted by Gasteiger charge is 2.52. The number of benzene rings is 1. The fraction of sp³-hybridized carbons (Fsp3) is 0.469. The highest BCUT2D eigenvalue weighted by atomic mass is 32.7. The van der Waals surface area contributed by atoms with Crippen molar-refractivity contribution in [2.24, 2.45) is 5.92 Å². The molecular weight excluding hydrogens is 855 g/mol. The van der Waals surface area contributed by atoms with Crippen molar-refractivity contribution in [3.05, 3.63) is 52.6 Å². The summed E-state index contributed by atoms with van der Waals surface area (Å²) < 4.78 is 74.5. The molecule has 2 unspecified atom stereocenters. The zero-order valence-corrected chi connectivity index (χ0v) is 34.0. The molecule has 2 amide bonds. The fourth-order valence-corrected chi connectivity index (χ4v) is 8.96. The number of halogens is 1. The molecule has 5 aromatic rings. The van der Waals surface area contributed by atoms with Gasteiger partial charge in [-0.1, -0.05) is 54.7 Å². The largest absolute Gasteiger partial charge is 0.386 e. The Morgan fingerprint density at radius 2 is 1.85 bits per heavy atom. The van der Waals surface area contributed by atoms with Crippen molar-refractivity contribution in [1.82, 2.24) is 49.9 Å². The molecule has 0 spiro atoms. The van der Waals surface area contributed by atoms with Crippen molar-refractivity contribution < 1.29 is 50.6 Å². The van der Waals surface area contributed by atoms with Gasteiger partial charge in [0.15, 0.2) is 46.8 Å². The number of hydrogen-bond acceptors (Lipinski definition) is 19. The predicted molar refractivity (Wildman–Crippen MR) is 206 cm³/mol. The van der Waals surface area contributed by atoms with Crippen LogP contribution in [0.15, 0.2) is 41.5 Å². The van der Waals surface area contributed by atoms with E-state index in [4.69, 9.17) is 32.1 Å². The van der Waals surface area contributed by atoms with E-state index in [-0.39, 0.29) is 60.1 Å². The molecule has 24 nitrogen and oxygen atoms in total. The first kappa shape index (κ1) is 41.8. The Morgan fingerprint density at radius 3 is 2.62 bits per heavy atom. The van der Waals surface area contributed by atoms with E-state index in [0.29, 0.717) is 5.56 Å². The van der Waals surface area contributed by atoms with Gasteiger partial charge in [-0.15, -0.1) is 10.2 Å². The van der Waals surface area contributed by atoms with Crippen LogP contribution in [-0.2, 0) is 41.5 Å². The Balaban J connectivity index is 1.06. The third-order valence-electron chi connectivity index (χ3n) is 9.18. The van der Waals surface area contributed by atoms with Crippen molar-refractivity contribution in [1.29, 1.82) is 5.26 Å². The van der Waals surface area contributed by atoms with E-state index >= 15 is 4.39 Å². The van der Waals surface area contributed by atoms with Crippen LogP contribution >= 0.6 is 27.6 Å². The minimum absolute atomic E-state index is 0.00147. The molecule has 8 rings (SSSR count). The molecule has 3 aliphatic heterocycles. The van der Waals surface area contributed by atoms with Crippen LogP contribution in [-0.4, -0.2) is 112 Å². The Bertz CT molecular complexity index is 2550. The standard InChI is InChI=1S/C32H34FN13O11P2S/c1-15(2)27(47)39-32-38-26-22(29(49)40-32)42-44-46(26)30-18-11-17(54-30)12-52-58(51-10-6-9-34)56-23-19(13-53-59(50,60)57-18)55-31(20(23)33)45-25-21(41-43-45)24(35-14-36-25)37-28(48)16-7-4-3-5-8-16/h3-5,7-8,14-15,17-20,23,30-31H,6,10-13H2,1-2H3,(H,50,60)(H,35,36,37,48)(H2,38,39,40,47,49)/t17-,18-,19+,20-,23+,30+,31+,58?,59?/m0/s1. The summed E-state index contributed by atoms with van der Waals surface area (Å²) in [5.74, 6) is -1.51. The van der Waals surface area contributed by atoms with Crippen LogP contribution in [0.1, 0.15) is 49.5 Å². The number of nitrogens with one attached hydrogen (secondary N) is 3. The van der Waals surface area contributed by atoms with Gasteiger partial charge in [0.05, 0.1) is 38.4 Å². The van der Waals surface area contributed by atoms with Gasteiger partial charge in [0, 0.05) is 17.9 Å². The van der Waals surface area contributed by atoms with Gasteiger partial charge < -0.3 is 28.4 Å². The summed E-state index contributed by atoms with van der Waals surface area (Å²) in [5, 5.41) is 30.5. The van der Waals surface area contributed by atoms with E-state index in [1.807, 2.05) is 6.07 Å². The molecule has 316 valence electrons. The molecule has 3 fully saturated rings. The number of amides is 2. The first-order valence-corrected chi connectivity index (χ1v) is 22.0.